The van der Waals surface area contributed by atoms with Gasteiger partial charge >= 0.3 is 0 Å². The number of nitrogens with one attached hydrogen (secondary N) is 2. The maximum absolute atomic E-state index is 9.60. The molecule has 2 rings (SSSR count). The lowest BCUT2D eigenvalue weighted by molar-refractivity contribution is 0.0389. The number of morpholine rings is 1. The van der Waals surface area contributed by atoms with E-state index < -0.39 is 0 Å². The number of phenolic OH excluding ortho intramolecular Hbond substituents is 2. The minimum absolute atomic E-state index is 0.00269. The van der Waals surface area contributed by atoms with Crippen LogP contribution in [0.1, 0.15) is 5.56 Å². The maximum Gasteiger partial charge on any atom is 0.187 e. The fourth-order valence-electron chi connectivity index (χ4n) is 1.99. The summed E-state index contributed by atoms with van der Waals surface area (Å²) in [6, 6.07) is 4.28. The SMILES string of the molecule is Oc1ccc(/C=N/NC(=S)NCCN2CCOCC2)c(O)c1. The van der Waals surface area contributed by atoms with Gasteiger partial charge in [0.05, 0.1) is 19.4 Å². The highest BCUT2D eigenvalue weighted by Crippen LogP contribution is 2.20. The Hall–Kier alpha value is -1.90. The number of phenols is 2. The zero-order chi connectivity index (χ0) is 15.8. The van der Waals surface area contributed by atoms with Gasteiger partial charge in [-0.15, -0.1) is 0 Å². The molecule has 1 saturated heterocycles. The van der Waals surface area contributed by atoms with Crippen molar-refractivity contribution >= 4 is 23.5 Å². The highest BCUT2D eigenvalue weighted by atomic mass is 32.1. The van der Waals surface area contributed by atoms with Gasteiger partial charge in [0.2, 0.25) is 0 Å². The Morgan fingerprint density at radius 1 is 1.36 bits per heavy atom. The normalized spacial score (nSPS) is 15.8. The van der Waals surface area contributed by atoms with E-state index in [2.05, 4.69) is 20.7 Å². The van der Waals surface area contributed by atoms with Crippen LogP contribution in [0, 0.1) is 0 Å². The molecule has 0 spiro atoms. The third kappa shape index (κ3) is 5.47. The summed E-state index contributed by atoms with van der Waals surface area (Å²) in [5.74, 6) is -0.0420. The number of nitrogens with zero attached hydrogens (tertiary/aromatic N) is 2. The fourth-order valence-corrected chi connectivity index (χ4v) is 2.15. The molecule has 0 saturated carbocycles. The van der Waals surface area contributed by atoms with E-state index in [1.165, 1.54) is 18.3 Å². The molecule has 8 heteroatoms. The molecule has 1 aromatic carbocycles. The summed E-state index contributed by atoms with van der Waals surface area (Å²) in [6.45, 7) is 5.08. The third-order valence-electron chi connectivity index (χ3n) is 3.20. The molecule has 1 aliphatic rings. The second-order valence-electron chi connectivity index (χ2n) is 4.82. The lowest BCUT2D eigenvalue weighted by atomic mass is 10.2. The number of thiocarbonyl (C=S) groups is 1. The van der Waals surface area contributed by atoms with Crippen molar-refractivity contribution in [2.75, 3.05) is 39.4 Å². The summed E-state index contributed by atoms with van der Waals surface area (Å²) in [4.78, 5) is 2.30. The monoisotopic (exact) mass is 324 g/mol. The van der Waals surface area contributed by atoms with Crippen molar-refractivity contribution in [3.8, 4) is 11.5 Å². The van der Waals surface area contributed by atoms with E-state index >= 15 is 0 Å². The first kappa shape index (κ1) is 16.5. The number of aromatic hydroxyl groups is 2. The van der Waals surface area contributed by atoms with Crippen LogP contribution in [0.5, 0.6) is 11.5 Å². The summed E-state index contributed by atoms with van der Waals surface area (Å²) >= 11 is 5.11. The van der Waals surface area contributed by atoms with Crippen LogP contribution in [0.15, 0.2) is 23.3 Å². The first-order chi connectivity index (χ1) is 10.6. The minimum atomic E-state index is -0.0447. The minimum Gasteiger partial charge on any atom is -0.508 e. The van der Waals surface area contributed by atoms with Crippen LogP contribution in [-0.4, -0.2) is 65.8 Å². The third-order valence-corrected chi connectivity index (χ3v) is 3.44. The molecule has 0 amide bonds. The first-order valence-corrected chi connectivity index (χ1v) is 7.45. The molecule has 4 N–H and O–H groups in total. The van der Waals surface area contributed by atoms with Gasteiger partial charge in [0, 0.05) is 37.8 Å². The first-order valence-electron chi connectivity index (χ1n) is 7.04. The van der Waals surface area contributed by atoms with Gasteiger partial charge in [-0.05, 0) is 24.4 Å². The quantitative estimate of drug-likeness (QED) is 0.350. The lowest BCUT2D eigenvalue weighted by Crippen LogP contribution is -2.42. The predicted molar refractivity (Wildman–Crippen MR) is 88.4 cm³/mol. The molecule has 0 aromatic heterocycles. The molecule has 0 aliphatic carbocycles. The molecule has 1 aliphatic heterocycles. The Kier molecular flexibility index (Phi) is 6.38. The lowest BCUT2D eigenvalue weighted by Gasteiger charge is -2.26. The Labute approximate surface area is 134 Å². The smallest absolute Gasteiger partial charge is 0.187 e. The van der Waals surface area contributed by atoms with Crippen molar-refractivity contribution in [2.45, 2.75) is 0 Å². The van der Waals surface area contributed by atoms with E-state index in [1.54, 1.807) is 6.07 Å². The predicted octanol–water partition coefficient (Wildman–Crippen LogP) is 0.228. The van der Waals surface area contributed by atoms with Crippen LogP contribution in [0.4, 0.5) is 0 Å². The summed E-state index contributed by atoms with van der Waals surface area (Å²) in [5, 5.41) is 26.2. The summed E-state index contributed by atoms with van der Waals surface area (Å²) < 4.78 is 5.28. The molecule has 1 heterocycles. The molecule has 0 atom stereocenters. The van der Waals surface area contributed by atoms with E-state index in [-0.39, 0.29) is 11.5 Å². The van der Waals surface area contributed by atoms with Gasteiger partial charge in [-0.2, -0.15) is 5.10 Å². The topological polar surface area (TPSA) is 89.4 Å². The average Bonchev–Trinajstić information content (AvgIpc) is 2.50. The van der Waals surface area contributed by atoms with Crippen molar-refractivity contribution in [2.24, 2.45) is 5.10 Å². The van der Waals surface area contributed by atoms with Gasteiger partial charge in [0.15, 0.2) is 5.11 Å². The van der Waals surface area contributed by atoms with Gasteiger partial charge in [-0.3, -0.25) is 10.3 Å². The number of rotatable bonds is 5. The second kappa shape index (κ2) is 8.52. The van der Waals surface area contributed by atoms with Gasteiger partial charge in [-0.1, -0.05) is 0 Å². The zero-order valence-electron chi connectivity index (χ0n) is 12.2. The number of hydrazone groups is 1. The zero-order valence-corrected chi connectivity index (χ0v) is 13.0. The molecule has 1 aromatic rings. The maximum atomic E-state index is 9.60. The molecule has 120 valence electrons. The van der Waals surface area contributed by atoms with E-state index in [0.29, 0.717) is 10.7 Å². The van der Waals surface area contributed by atoms with Crippen molar-refractivity contribution in [3.63, 3.8) is 0 Å². The summed E-state index contributed by atoms with van der Waals surface area (Å²) in [7, 11) is 0. The van der Waals surface area contributed by atoms with Crippen molar-refractivity contribution in [1.82, 2.24) is 15.6 Å². The second-order valence-corrected chi connectivity index (χ2v) is 5.23. The van der Waals surface area contributed by atoms with Gasteiger partial charge in [0.1, 0.15) is 11.5 Å². The Bertz CT molecular complexity index is 533. The number of ether oxygens (including phenoxy) is 1. The van der Waals surface area contributed by atoms with Gasteiger partial charge < -0.3 is 20.3 Å². The van der Waals surface area contributed by atoms with E-state index in [0.717, 1.165) is 39.4 Å². The standard InChI is InChI=1S/C14H20N4O3S/c19-12-2-1-11(13(20)9-12)10-16-17-14(22)15-3-4-18-5-7-21-8-6-18/h1-2,9-10,19-20H,3-8H2,(H2,15,17,22)/b16-10+. The van der Waals surface area contributed by atoms with Crippen LogP contribution in [0.25, 0.3) is 0 Å². The molecule has 1 fully saturated rings. The van der Waals surface area contributed by atoms with Gasteiger partial charge in [0.25, 0.3) is 0 Å². The van der Waals surface area contributed by atoms with Crippen LogP contribution in [0.2, 0.25) is 0 Å². The number of hydrogen-bond donors (Lipinski definition) is 4. The Balaban J connectivity index is 1.67. The highest BCUT2D eigenvalue weighted by molar-refractivity contribution is 7.80. The molecular weight excluding hydrogens is 304 g/mol. The van der Waals surface area contributed by atoms with Crippen molar-refractivity contribution in [1.29, 1.82) is 0 Å². The van der Waals surface area contributed by atoms with E-state index in [9.17, 15) is 10.2 Å². The average molecular weight is 324 g/mol. The largest absolute Gasteiger partial charge is 0.508 e. The fraction of sp³-hybridized carbons (Fsp3) is 0.429. The molecule has 7 nitrogen and oxygen atoms in total. The molecule has 0 radical (unpaired) electrons. The van der Waals surface area contributed by atoms with Gasteiger partial charge in [-0.25, -0.2) is 0 Å². The highest BCUT2D eigenvalue weighted by Gasteiger charge is 2.09. The molecule has 22 heavy (non-hydrogen) atoms. The molecule has 0 bridgehead atoms. The van der Waals surface area contributed by atoms with Crippen LogP contribution < -0.4 is 10.7 Å². The molecular formula is C14H20N4O3S. The molecule has 0 unspecified atom stereocenters. The van der Waals surface area contributed by atoms with E-state index in [1.807, 2.05) is 0 Å². The number of hydrogen-bond acceptors (Lipinski definition) is 6. The van der Waals surface area contributed by atoms with Crippen molar-refractivity contribution < 1.29 is 14.9 Å². The van der Waals surface area contributed by atoms with E-state index in [4.69, 9.17) is 17.0 Å². The number of benzene rings is 1. The Morgan fingerprint density at radius 3 is 2.86 bits per heavy atom. The van der Waals surface area contributed by atoms with Crippen LogP contribution in [-0.2, 0) is 4.74 Å². The van der Waals surface area contributed by atoms with Crippen LogP contribution >= 0.6 is 12.2 Å². The summed E-state index contributed by atoms with van der Waals surface area (Å²) in [5.41, 5.74) is 3.17. The van der Waals surface area contributed by atoms with Crippen molar-refractivity contribution in [3.05, 3.63) is 23.8 Å². The Morgan fingerprint density at radius 2 is 2.14 bits per heavy atom. The van der Waals surface area contributed by atoms with Crippen LogP contribution in [0.3, 0.4) is 0 Å². The summed E-state index contributed by atoms with van der Waals surface area (Å²) in [6.07, 6.45) is 1.44.